The first-order chi connectivity index (χ1) is 15.4. The Bertz CT molecular complexity index is 1170. The number of nitrogens with one attached hydrogen (secondary N) is 1. The molecule has 8 heteroatoms. The molecule has 166 valence electrons. The Hall–Kier alpha value is -3.65. The van der Waals surface area contributed by atoms with E-state index >= 15 is 0 Å². The van der Waals surface area contributed by atoms with Gasteiger partial charge in [0.2, 0.25) is 0 Å². The van der Waals surface area contributed by atoms with E-state index in [-0.39, 0.29) is 11.8 Å². The van der Waals surface area contributed by atoms with Gasteiger partial charge < -0.3 is 20.9 Å². The zero-order valence-electron chi connectivity index (χ0n) is 18.5. The number of carbonyl (C=O) groups excluding carboxylic acids is 1. The van der Waals surface area contributed by atoms with Gasteiger partial charge in [-0.05, 0) is 61.2 Å². The molecule has 1 aliphatic rings. The van der Waals surface area contributed by atoms with Crippen LogP contribution in [-0.4, -0.2) is 40.8 Å². The van der Waals surface area contributed by atoms with Crippen LogP contribution < -0.4 is 21.8 Å². The molecule has 2 heterocycles. The molecule has 0 bridgehead atoms. The Labute approximate surface area is 187 Å². The summed E-state index contributed by atoms with van der Waals surface area (Å²) in [5.74, 6) is 11.7. The molecule has 0 aliphatic carbocycles. The lowest BCUT2D eigenvalue weighted by atomic mass is 9.93. The average Bonchev–Trinajstić information content (AvgIpc) is 2.75. The Balaban J connectivity index is 1.51. The minimum Gasteiger partial charge on any atom is -0.481 e. The predicted octanol–water partition coefficient (Wildman–Crippen LogP) is 2.48. The van der Waals surface area contributed by atoms with E-state index in [4.69, 9.17) is 16.4 Å². The third kappa shape index (κ3) is 3.97. The number of amidine groups is 1. The Morgan fingerprint density at radius 3 is 2.59 bits per heavy atom. The Morgan fingerprint density at radius 1 is 1.22 bits per heavy atom. The molecule has 8 nitrogen and oxygen atoms in total. The third-order valence-corrected chi connectivity index (χ3v) is 5.99. The quantitative estimate of drug-likeness (QED) is 0.247. The number of nitrogens with two attached hydrogens (primary N) is 2. The summed E-state index contributed by atoms with van der Waals surface area (Å²) in [5.41, 5.74) is 8.09. The van der Waals surface area contributed by atoms with Crippen molar-refractivity contribution in [3.8, 4) is 16.9 Å². The van der Waals surface area contributed by atoms with Crippen molar-refractivity contribution in [2.75, 3.05) is 13.1 Å². The summed E-state index contributed by atoms with van der Waals surface area (Å²) in [7, 11) is 0. The highest BCUT2D eigenvalue weighted by Gasteiger charge is 2.36. The van der Waals surface area contributed by atoms with E-state index in [1.807, 2.05) is 30.5 Å². The number of pyridine rings is 1. The fourth-order valence-corrected chi connectivity index (χ4v) is 4.26. The molecule has 1 amide bonds. The van der Waals surface area contributed by atoms with Crippen molar-refractivity contribution in [2.24, 2.45) is 22.7 Å². The lowest BCUT2D eigenvalue weighted by Gasteiger charge is -2.40. The fraction of sp³-hybridized carbons (Fsp3) is 0.292. The van der Waals surface area contributed by atoms with Gasteiger partial charge in [-0.25, -0.2) is 5.84 Å². The summed E-state index contributed by atoms with van der Waals surface area (Å²) in [5, 5.41) is 4.65. The number of hydrazine groups is 1. The lowest BCUT2D eigenvalue weighted by Crippen LogP contribution is -2.59. The largest absolute Gasteiger partial charge is 0.481 e. The van der Waals surface area contributed by atoms with Crippen molar-refractivity contribution >= 4 is 22.6 Å². The van der Waals surface area contributed by atoms with Gasteiger partial charge in [-0.15, -0.1) is 0 Å². The zero-order chi connectivity index (χ0) is 22.8. The molecule has 4 rings (SSSR count). The van der Waals surface area contributed by atoms with E-state index in [9.17, 15) is 4.79 Å². The topological polar surface area (TPSA) is 119 Å². The molecule has 1 aliphatic heterocycles. The van der Waals surface area contributed by atoms with Crippen LogP contribution in [0.25, 0.3) is 22.0 Å². The van der Waals surface area contributed by atoms with Gasteiger partial charge in [-0.2, -0.15) is 5.10 Å². The summed E-state index contributed by atoms with van der Waals surface area (Å²) in [6.45, 7) is 6.99. The van der Waals surface area contributed by atoms with Gasteiger partial charge in [-0.1, -0.05) is 18.2 Å². The van der Waals surface area contributed by atoms with Crippen molar-refractivity contribution in [2.45, 2.75) is 26.9 Å². The van der Waals surface area contributed by atoms with Crippen LogP contribution >= 0.6 is 0 Å². The van der Waals surface area contributed by atoms with Gasteiger partial charge in [0.05, 0.1) is 11.4 Å². The van der Waals surface area contributed by atoms with E-state index < -0.39 is 6.10 Å². The molecule has 3 aromatic rings. The molecule has 0 radical (unpaired) electrons. The number of hydrogen-bond acceptors (Lipinski definition) is 6. The van der Waals surface area contributed by atoms with Crippen molar-refractivity contribution in [1.29, 1.82) is 0 Å². The van der Waals surface area contributed by atoms with Crippen LogP contribution in [0.2, 0.25) is 0 Å². The van der Waals surface area contributed by atoms with E-state index in [0.717, 1.165) is 16.5 Å². The third-order valence-electron chi connectivity index (χ3n) is 5.99. The normalized spacial score (nSPS) is 15.4. The first kappa shape index (κ1) is 21.6. The monoisotopic (exact) mass is 432 g/mol. The number of ether oxygens (including phenoxy) is 1. The van der Waals surface area contributed by atoms with Crippen LogP contribution in [0.1, 0.15) is 18.1 Å². The number of hydrazone groups is 1. The van der Waals surface area contributed by atoms with Gasteiger partial charge in [0.1, 0.15) is 11.6 Å². The van der Waals surface area contributed by atoms with Crippen LogP contribution in [-0.2, 0) is 4.79 Å². The molecule has 1 atom stereocenters. The van der Waals surface area contributed by atoms with Crippen LogP contribution in [0, 0.1) is 19.8 Å². The summed E-state index contributed by atoms with van der Waals surface area (Å²) < 4.78 is 5.96. The van der Waals surface area contributed by atoms with Crippen molar-refractivity contribution in [3.63, 3.8) is 0 Å². The molecular formula is C24H28N6O2. The number of rotatable bonds is 5. The van der Waals surface area contributed by atoms with E-state index in [2.05, 4.69) is 47.6 Å². The van der Waals surface area contributed by atoms with E-state index in [1.54, 1.807) is 11.8 Å². The average molecular weight is 433 g/mol. The van der Waals surface area contributed by atoms with Gasteiger partial charge in [0.15, 0.2) is 6.10 Å². The number of amides is 1. The molecule has 1 aromatic heterocycles. The number of aromatic nitrogens is 1. The minimum absolute atomic E-state index is 0.0225. The summed E-state index contributed by atoms with van der Waals surface area (Å²) in [6, 6.07) is 14.1. The Kier molecular flexibility index (Phi) is 5.96. The van der Waals surface area contributed by atoms with Crippen molar-refractivity contribution in [3.05, 3.63) is 59.8 Å². The second kappa shape index (κ2) is 8.84. The maximum absolute atomic E-state index is 12.7. The maximum Gasteiger partial charge on any atom is 0.263 e. The molecule has 5 N–H and O–H groups in total. The molecule has 0 saturated carbocycles. The second-order valence-corrected chi connectivity index (χ2v) is 8.16. The molecule has 2 aromatic carbocycles. The fourth-order valence-electron chi connectivity index (χ4n) is 4.26. The number of likely N-dealkylation sites (tertiary alicyclic amines) is 1. The Morgan fingerprint density at radius 2 is 1.94 bits per heavy atom. The smallest absolute Gasteiger partial charge is 0.263 e. The summed E-state index contributed by atoms with van der Waals surface area (Å²) in [4.78, 5) is 19.0. The SMILES string of the molecule is Cc1cccc(C)c1-c1ccnc2cc(OC(C)C(=O)N3CC(/C(=N/N)NN)C3)ccc12. The van der Waals surface area contributed by atoms with E-state index in [0.29, 0.717) is 24.7 Å². The molecular weight excluding hydrogens is 404 g/mol. The van der Waals surface area contributed by atoms with Crippen LogP contribution in [0.3, 0.4) is 0 Å². The van der Waals surface area contributed by atoms with Crippen LogP contribution in [0.15, 0.2) is 53.8 Å². The highest BCUT2D eigenvalue weighted by Crippen LogP contribution is 2.34. The van der Waals surface area contributed by atoms with Gasteiger partial charge >= 0.3 is 0 Å². The first-order valence-electron chi connectivity index (χ1n) is 10.6. The number of aryl methyl sites for hydroxylation is 2. The molecule has 0 spiro atoms. The lowest BCUT2D eigenvalue weighted by molar-refractivity contribution is -0.142. The number of benzene rings is 2. The van der Waals surface area contributed by atoms with Gasteiger partial charge in [0.25, 0.3) is 5.91 Å². The maximum atomic E-state index is 12.7. The van der Waals surface area contributed by atoms with Crippen molar-refractivity contribution < 1.29 is 9.53 Å². The molecule has 32 heavy (non-hydrogen) atoms. The molecule has 1 saturated heterocycles. The number of carbonyl (C=O) groups is 1. The second-order valence-electron chi connectivity index (χ2n) is 8.16. The highest BCUT2D eigenvalue weighted by molar-refractivity contribution is 5.96. The van der Waals surface area contributed by atoms with Crippen molar-refractivity contribution in [1.82, 2.24) is 15.3 Å². The molecule has 1 fully saturated rings. The number of fused-ring (bicyclic) bond motifs is 1. The van der Waals surface area contributed by atoms with Crippen LogP contribution in [0.4, 0.5) is 0 Å². The number of nitrogens with zero attached hydrogens (tertiary/aromatic N) is 3. The summed E-state index contributed by atoms with van der Waals surface area (Å²) >= 11 is 0. The standard InChI is InChI=1S/C24H28N6O2/c1-14-5-4-6-15(2)22(14)20-9-10-27-21-11-18(7-8-19(20)21)32-16(3)24(31)30-12-17(13-30)23(28-25)29-26/h4-11,16-17H,12-13,25-26H2,1-3H3,(H,28,29). The zero-order valence-corrected chi connectivity index (χ0v) is 18.5. The first-order valence-corrected chi connectivity index (χ1v) is 10.6. The number of hydrogen-bond donors (Lipinski definition) is 3. The predicted molar refractivity (Wildman–Crippen MR) is 126 cm³/mol. The highest BCUT2D eigenvalue weighted by atomic mass is 16.5. The minimum atomic E-state index is -0.626. The summed E-state index contributed by atoms with van der Waals surface area (Å²) in [6.07, 6.45) is 1.18. The van der Waals surface area contributed by atoms with Gasteiger partial charge in [0, 0.05) is 30.7 Å². The van der Waals surface area contributed by atoms with Crippen LogP contribution in [0.5, 0.6) is 5.75 Å². The molecule has 1 unspecified atom stereocenters. The van der Waals surface area contributed by atoms with Gasteiger partial charge in [-0.3, -0.25) is 9.78 Å². The van der Waals surface area contributed by atoms with E-state index in [1.165, 1.54) is 16.7 Å².